The van der Waals surface area contributed by atoms with Crippen molar-refractivity contribution in [2.75, 3.05) is 32.7 Å². The van der Waals surface area contributed by atoms with Crippen molar-refractivity contribution in [1.82, 2.24) is 42.2 Å². The van der Waals surface area contributed by atoms with Crippen molar-refractivity contribution in [3.8, 4) is 5.75 Å². The van der Waals surface area contributed by atoms with Crippen molar-refractivity contribution < 1.29 is 48.6 Å². The third-order valence-corrected chi connectivity index (χ3v) is 13.0. The Bertz CT molecular complexity index is 2400. The first-order valence-corrected chi connectivity index (χ1v) is 26.4. The number of hydrogen-bond donors (Lipinski definition) is 16. The van der Waals surface area contributed by atoms with E-state index in [4.69, 9.17) is 34.4 Å². The van der Waals surface area contributed by atoms with Crippen molar-refractivity contribution in [3.05, 3.63) is 65.9 Å². The number of aromatic hydroxyl groups is 1. The number of unbranched alkanes of at least 4 members (excludes halogenated alkanes) is 3. The number of fused-ring (bicyclic) bond motifs is 1. The van der Waals surface area contributed by atoms with Gasteiger partial charge in [0.15, 0.2) is 5.96 Å². The number of rotatable bonds is 37. The van der Waals surface area contributed by atoms with Crippen molar-refractivity contribution in [2.45, 2.75) is 146 Å². The molecule has 22 N–H and O–H groups in total. The molecule has 1 heterocycles. The minimum Gasteiger partial charge on any atom is -0.508 e. The van der Waals surface area contributed by atoms with Gasteiger partial charge in [-0.3, -0.25) is 38.6 Å². The number of hydrogen-bond acceptors (Lipinski definition) is 14. The van der Waals surface area contributed by atoms with Gasteiger partial charge in [-0.1, -0.05) is 57.0 Å². The van der Waals surface area contributed by atoms with Gasteiger partial charge in [-0.2, -0.15) is 0 Å². The van der Waals surface area contributed by atoms with E-state index in [9.17, 15) is 48.6 Å². The van der Waals surface area contributed by atoms with Gasteiger partial charge in [0.25, 0.3) is 0 Å². The number of para-hydroxylation sites is 1. The number of nitrogens with two attached hydrogens (primary N) is 6. The highest BCUT2D eigenvalue weighted by Crippen LogP contribution is 2.20. The summed E-state index contributed by atoms with van der Waals surface area (Å²) in [5.41, 5.74) is 36.2. The molecule has 25 heteroatoms. The van der Waals surface area contributed by atoms with Gasteiger partial charge in [0.2, 0.25) is 41.4 Å². The topological polar surface area (TPSA) is 445 Å². The number of carboxylic acid groups (broad SMARTS) is 1. The molecule has 0 spiro atoms. The van der Waals surface area contributed by atoms with Gasteiger partial charge in [0.1, 0.15) is 42.0 Å². The number of benzene rings is 2. The number of phenols is 1. The molecule has 1 aromatic heterocycles. The van der Waals surface area contributed by atoms with Crippen molar-refractivity contribution in [2.24, 2.45) is 45.3 Å². The van der Waals surface area contributed by atoms with E-state index in [-0.39, 0.29) is 63.3 Å². The summed E-state index contributed by atoms with van der Waals surface area (Å²) < 4.78 is 0. The van der Waals surface area contributed by atoms with Crippen LogP contribution in [-0.2, 0) is 51.2 Å². The molecule has 0 saturated heterocycles. The molecule has 0 aliphatic carbocycles. The standard InChI is InChI=1S/C52H83N15O10/c1-3-31(2)44(51(76)77)67-48(73)39(17-8-11-25-55)62-43(69)30-61-46(71)38(16-7-10-24-54)64-50(75)42(28-33-29-60-37-15-5-4-13-35(33)37)66-49(74)41(27-32-19-21-34(68)22-20-32)65-47(72)40(18-12-26-59-52(57)58)63-45(70)36(56)14-6-9-23-53/h4-5,13,15,19-22,29,31,36,38-42,44,60,68H,3,6-12,14,16-18,23-28,30,53-56H2,1-2H3,(H,61,71)(H,62,69)(H,63,70)(H,64,75)(H,65,72)(H,66,74)(H,67,73)(H,76,77)(H4,57,58,59)/t31-,36-,38-,39-,40-,41-,42-,44-/m0/s1. The molecule has 25 nitrogen and oxygen atoms in total. The number of aliphatic imine (C=N–C) groups is 1. The average Bonchev–Trinajstić information content (AvgIpc) is 3.81. The molecule has 0 fully saturated rings. The zero-order valence-electron chi connectivity index (χ0n) is 44.3. The van der Waals surface area contributed by atoms with Crippen LogP contribution in [-0.4, -0.2) is 143 Å². The summed E-state index contributed by atoms with van der Waals surface area (Å²) in [6.07, 6.45) is 5.67. The molecular formula is C52H83N15O10. The molecule has 7 amide bonds. The number of carbonyl (C=O) groups excluding carboxylic acids is 7. The third-order valence-electron chi connectivity index (χ3n) is 13.0. The molecular weight excluding hydrogens is 995 g/mol. The fourth-order valence-corrected chi connectivity index (χ4v) is 8.31. The van der Waals surface area contributed by atoms with Crippen LogP contribution in [0.3, 0.4) is 0 Å². The second kappa shape index (κ2) is 34.3. The number of nitrogens with one attached hydrogen (secondary N) is 8. The van der Waals surface area contributed by atoms with Crippen LogP contribution in [0, 0.1) is 5.92 Å². The normalized spacial score (nSPS) is 14.3. The minimum absolute atomic E-state index is 0.0363. The van der Waals surface area contributed by atoms with Gasteiger partial charge >= 0.3 is 5.97 Å². The number of phenolic OH excluding ortho intramolecular Hbond substituents is 1. The summed E-state index contributed by atoms with van der Waals surface area (Å²) in [5.74, 6) is -7.08. The highest BCUT2D eigenvalue weighted by Gasteiger charge is 2.34. The highest BCUT2D eigenvalue weighted by molar-refractivity contribution is 5.97. The Labute approximate surface area is 449 Å². The zero-order chi connectivity index (χ0) is 56.9. The number of amides is 7. The first kappa shape index (κ1) is 63.9. The minimum atomic E-state index is -1.39. The lowest BCUT2D eigenvalue weighted by atomic mass is 9.98. The van der Waals surface area contributed by atoms with E-state index in [1.54, 1.807) is 38.2 Å². The van der Waals surface area contributed by atoms with E-state index in [0.717, 1.165) is 10.9 Å². The molecule has 0 aliphatic rings. The summed E-state index contributed by atoms with van der Waals surface area (Å²) in [4.78, 5) is 117. The number of carboxylic acids is 1. The summed E-state index contributed by atoms with van der Waals surface area (Å²) >= 11 is 0. The Hall–Kier alpha value is -7.35. The van der Waals surface area contributed by atoms with Crippen LogP contribution in [0.1, 0.15) is 102 Å². The smallest absolute Gasteiger partial charge is 0.326 e. The van der Waals surface area contributed by atoms with E-state index in [1.165, 1.54) is 12.1 Å². The van der Waals surface area contributed by atoms with Crippen LogP contribution in [0.15, 0.2) is 59.7 Å². The van der Waals surface area contributed by atoms with Gasteiger partial charge in [0, 0.05) is 36.5 Å². The summed E-state index contributed by atoms with van der Waals surface area (Å²) in [7, 11) is 0. The van der Waals surface area contributed by atoms with Crippen molar-refractivity contribution >= 4 is 64.2 Å². The quantitative estimate of drug-likeness (QED) is 0.0179. The largest absolute Gasteiger partial charge is 0.508 e. The first-order chi connectivity index (χ1) is 36.8. The lowest BCUT2D eigenvalue weighted by Crippen LogP contribution is -2.60. The fraction of sp³-hybridized carbons (Fsp3) is 0.558. The lowest BCUT2D eigenvalue weighted by Gasteiger charge is -2.27. The molecule has 426 valence electrons. The second-order valence-electron chi connectivity index (χ2n) is 19.1. The predicted octanol–water partition coefficient (Wildman–Crippen LogP) is -1.42. The molecule has 8 atom stereocenters. The number of carbonyl (C=O) groups is 8. The second-order valence-corrected chi connectivity index (χ2v) is 19.1. The maximum absolute atomic E-state index is 14.7. The van der Waals surface area contributed by atoms with E-state index in [0.29, 0.717) is 75.6 Å². The Morgan fingerprint density at radius 2 is 1.12 bits per heavy atom. The Morgan fingerprint density at radius 1 is 0.610 bits per heavy atom. The van der Waals surface area contributed by atoms with Gasteiger partial charge < -0.3 is 86.8 Å². The van der Waals surface area contributed by atoms with Crippen LogP contribution in [0.2, 0.25) is 0 Å². The molecule has 2 aromatic carbocycles. The van der Waals surface area contributed by atoms with Crippen LogP contribution in [0.25, 0.3) is 10.9 Å². The van der Waals surface area contributed by atoms with E-state index < -0.39 is 102 Å². The summed E-state index contributed by atoms with van der Waals surface area (Å²) in [6, 6.07) is 4.60. The number of guanidine groups is 1. The SMILES string of the molecule is CC[C@H](C)[C@H](NC(=O)[C@H](CCCCN)NC(=O)CNC(=O)[C@H](CCCCN)NC(=O)[C@H](Cc1c[nH]c2ccccc12)NC(=O)[C@H](Cc1ccc(O)cc1)NC(=O)[C@H](CCCN=C(N)N)NC(=O)[C@@H](N)CCCCN)C(=O)O. The lowest BCUT2D eigenvalue weighted by molar-refractivity contribution is -0.143. The third kappa shape index (κ3) is 22.8. The zero-order valence-corrected chi connectivity index (χ0v) is 44.3. The molecule has 0 radical (unpaired) electrons. The molecule has 3 aromatic rings. The number of aromatic amines is 1. The average molecular weight is 1080 g/mol. The van der Waals surface area contributed by atoms with Gasteiger partial charge in [-0.05, 0) is 119 Å². The van der Waals surface area contributed by atoms with Crippen LogP contribution >= 0.6 is 0 Å². The number of H-pyrrole nitrogens is 1. The maximum atomic E-state index is 14.7. The summed E-state index contributed by atoms with van der Waals surface area (Å²) in [6.45, 7) is 3.96. The summed E-state index contributed by atoms with van der Waals surface area (Å²) in [5, 5.41) is 39.3. The van der Waals surface area contributed by atoms with E-state index in [1.807, 2.05) is 18.2 Å². The maximum Gasteiger partial charge on any atom is 0.326 e. The molecule has 0 saturated carbocycles. The Kier molecular flexibility index (Phi) is 28.5. The van der Waals surface area contributed by atoms with Crippen molar-refractivity contribution in [1.29, 1.82) is 0 Å². The Morgan fingerprint density at radius 3 is 1.70 bits per heavy atom. The molecule has 0 aliphatic heterocycles. The number of aromatic nitrogens is 1. The molecule has 3 rings (SSSR count). The molecule has 77 heavy (non-hydrogen) atoms. The monoisotopic (exact) mass is 1080 g/mol. The van der Waals surface area contributed by atoms with E-state index in [2.05, 4.69) is 47.2 Å². The Balaban J connectivity index is 1.96. The first-order valence-electron chi connectivity index (χ1n) is 26.4. The molecule has 0 bridgehead atoms. The predicted molar refractivity (Wildman–Crippen MR) is 292 cm³/mol. The molecule has 0 unspecified atom stereocenters. The van der Waals surface area contributed by atoms with E-state index >= 15 is 0 Å². The number of nitrogens with zero attached hydrogens (tertiary/aromatic N) is 1. The van der Waals surface area contributed by atoms with Gasteiger partial charge in [0.05, 0.1) is 12.6 Å². The van der Waals surface area contributed by atoms with Crippen LogP contribution in [0.4, 0.5) is 0 Å². The van der Waals surface area contributed by atoms with Crippen LogP contribution < -0.4 is 71.6 Å². The highest BCUT2D eigenvalue weighted by atomic mass is 16.4. The van der Waals surface area contributed by atoms with Crippen LogP contribution in [0.5, 0.6) is 5.75 Å². The van der Waals surface area contributed by atoms with Gasteiger partial charge in [-0.15, -0.1) is 0 Å². The van der Waals surface area contributed by atoms with Gasteiger partial charge in [-0.25, -0.2) is 4.79 Å². The van der Waals surface area contributed by atoms with Crippen molar-refractivity contribution in [3.63, 3.8) is 0 Å². The number of aliphatic carboxylic acids is 1. The fourth-order valence-electron chi connectivity index (χ4n) is 8.31.